The van der Waals surface area contributed by atoms with Gasteiger partial charge in [-0.05, 0) is 80.6 Å². The quantitative estimate of drug-likeness (QED) is 0.419. The SMILES string of the molecule is CCCOc1c(Br)cc(/C=C(\C#N)C(=O)Nc2ccccc2C)cc1Br. The molecule has 0 saturated carbocycles. The molecule has 0 atom stereocenters. The van der Waals surface area contributed by atoms with Gasteiger partial charge in [0, 0.05) is 5.69 Å². The first-order valence-electron chi connectivity index (χ1n) is 8.07. The summed E-state index contributed by atoms with van der Waals surface area (Å²) in [6.07, 6.45) is 2.45. The number of nitrogens with one attached hydrogen (secondary N) is 1. The maximum Gasteiger partial charge on any atom is 0.266 e. The second-order valence-electron chi connectivity index (χ2n) is 5.60. The van der Waals surface area contributed by atoms with Crippen LogP contribution in [0.25, 0.3) is 6.08 Å². The number of benzene rings is 2. The van der Waals surface area contributed by atoms with E-state index in [1.54, 1.807) is 12.1 Å². The number of carbonyl (C=O) groups excluding carboxylic acids is 1. The monoisotopic (exact) mass is 476 g/mol. The van der Waals surface area contributed by atoms with E-state index in [9.17, 15) is 10.1 Å². The Kier molecular flexibility index (Phi) is 7.43. The predicted molar refractivity (Wildman–Crippen MR) is 111 cm³/mol. The summed E-state index contributed by atoms with van der Waals surface area (Å²) in [6, 6.07) is 13.0. The number of amides is 1. The molecule has 0 unspecified atom stereocenters. The number of hydrogen-bond acceptors (Lipinski definition) is 3. The molecule has 2 rings (SSSR count). The Morgan fingerprint density at radius 2 is 1.92 bits per heavy atom. The van der Waals surface area contributed by atoms with Crippen molar-refractivity contribution in [3.8, 4) is 11.8 Å². The minimum Gasteiger partial charge on any atom is -0.491 e. The lowest BCUT2D eigenvalue weighted by Gasteiger charge is -2.11. The van der Waals surface area contributed by atoms with E-state index >= 15 is 0 Å². The van der Waals surface area contributed by atoms with Gasteiger partial charge < -0.3 is 10.1 Å². The smallest absolute Gasteiger partial charge is 0.266 e. The lowest BCUT2D eigenvalue weighted by molar-refractivity contribution is -0.112. The molecule has 4 nitrogen and oxygen atoms in total. The van der Waals surface area contributed by atoms with Crippen molar-refractivity contribution >= 4 is 49.5 Å². The van der Waals surface area contributed by atoms with E-state index in [4.69, 9.17) is 4.74 Å². The van der Waals surface area contributed by atoms with Crippen LogP contribution < -0.4 is 10.1 Å². The average molecular weight is 478 g/mol. The summed E-state index contributed by atoms with van der Waals surface area (Å²) in [7, 11) is 0. The van der Waals surface area contributed by atoms with Crippen molar-refractivity contribution in [2.75, 3.05) is 11.9 Å². The lowest BCUT2D eigenvalue weighted by atomic mass is 10.1. The van der Waals surface area contributed by atoms with E-state index < -0.39 is 5.91 Å². The van der Waals surface area contributed by atoms with Crippen LogP contribution in [0.2, 0.25) is 0 Å². The minimum atomic E-state index is -0.444. The zero-order valence-electron chi connectivity index (χ0n) is 14.5. The highest BCUT2D eigenvalue weighted by Gasteiger charge is 2.13. The number of halogens is 2. The van der Waals surface area contributed by atoms with E-state index in [2.05, 4.69) is 37.2 Å². The van der Waals surface area contributed by atoms with Gasteiger partial charge in [-0.1, -0.05) is 25.1 Å². The Balaban J connectivity index is 2.27. The summed E-state index contributed by atoms with van der Waals surface area (Å²) in [5.41, 5.74) is 2.35. The van der Waals surface area contributed by atoms with Gasteiger partial charge in [0.25, 0.3) is 5.91 Å². The zero-order valence-corrected chi connectivity index (χ0v) is 17.6. The molecule has 0 bridgehead atoms. The van der Waals surface area contributed by atoms with Crippen LogP contribution in [0.1, 0.15) is 24.5 Å². The molecule has 2 aromatic rings. The van der Waals surface area contributed by atoms with Gasteiger partial charge in [-0.2, -0.15) is 5.26 Å². The van der Waals surface area contributed by atoms with Gasteiger partial charge >= 0.3 is 0 Å². The number of rotatable bonds is 6. The van der Waals surface area contributed by atoms with Crippen LogP contribution >= 0.6 is 31.9 Å². The second-order valence-corrected chi connectivity index (χ2v) is 7.31. The first kappa shape index (κ1) is 20.2. The van der Waals surface area contributed by atoms with Crippen molar-refractivity contribution < 1.29 is 9.53 Å². The molecule has 0 saturated heterocycles. The van der Waals surface area contributed by atoms with Crippen molar-refractivity contribution in [3.05, 3.63) is 62.0 Å². The van der Waals surface area contributed by atoms with Gasteiger partial charge in [-0.25, -0.2) is 0 Å². The molecule has 0 aliphatic carbocycles. The van der Waals surface area contributed by atoms with Crippen LogP contribution in [0, 0.1) is 18.3 Å². The molecular formula is C20H18Br2N2O2. The first-order chi connectivity index (χ1) is 12.5. The Labute approximate surface area is 170 Å². The summed E-state index contributed by atoms with van der Waals surface area (Å²) in [4.78, 5) is 12.4. The molecule has 26 heavy (non-hydrogen) atoms. The minimum absolute atomic E-state index is 0.0225. The molecule has 134 valence electrons. The van der Waals surface area contributed by atoms with Crippen molar-refractivity contribution in [2.24, 2.45) is 0 Å². The van der Waals surface area contributed by atoms with Gasteiger partial charge in [-0.15, -0.1) is 0 Å². The van der Waals surface area contributed by atoms with Crippen molar-refractivity contribution in [1.29, 1.82) is 5.26 Å². The Morgan fingerprint density at radius 3 is 2.50 bits per heavy atom. The Bertz CT molecular complexity index is 863. The molecule has 0 spiro atoms. The van der Waals surface area contributed by atoms with Gasteiger partial charge in [0.2, 0.25) is 0 Å². The van der Waals surface area contributed by atoms with Crippen molar-refractivity contribution in [2.45, 2.75) is 20.3 Å². The number of anilines is 1. The first-order valence-corrected chi connectivity index (χ1v) is 9.65. The number of hydrogen-bond donors (Lipinski definition) is 1. The van der Waals surface area contributed by atoms with Crippen LogP contribution in [0.15, 0.2) is 50.9 Å². The Morgan fingerprint density at radius 1 is 1.27 bits per heavy atom. The number of nitriles is 1. The van der Waals surface area contributed by atoms with Crippen LogP contribution in [0.5, 0.6) is 5.75 Å². The molecule has 0 aliphatic heterocycles. The number of para-hydroxylation sites is 1. The van der Waals surface area contributed by atoms with Gasteiger partial charge in [-0.3, -0.25) is 4.79 Å². The second kappa shape index (κ2) is 9.56. The molecular weight excluding hydrogens is 460 g/mol. The molecule has 6 heteroatoms. The maximum atomic E-state index is 12.4. The summed E-state index contributed by atoms with van der Waals surface area (Å²) in [6.45, 7) is 4.54. The topological polar surface area (TPSA) is 62.1 Å². The average Bonchev–Trinajstić information content (AvgIpc) is 2.61. The molecule has 0 aromatic heterocycles. The molecule has 0 aliphatic rings. The van der Waals surface area contributed by atoms with Crippen LogP contribution in [-0.2, 0) is 4.79 Å². The van der Waals surface area contributed by atoms with E-state index in [1.807, 2.05) is 50.2 Å². The van der Waals surface area contributed by atoms with Crippen molar-refractivity contribution in [3.63, 3.8) is 0 Å². The molecule has 1 N–H and O–H groups in total. The highest BCUT2D eigenvalue weighted by Crippen LogP contribution is 2.35. The van der Waals surface area contributed by atoms with E-state index in [0.29, 0.717) is 23.6 Å². The highest BCUT2D eigenvalue weighted by atomic mass is 79.9. The lowest BCUT2D eigenvalue weighted by Crippen LogP contribution is -2.14. The van der Waals surface area contributed by atoms with Crippen LogP contribution in [0.4, 0.5) is 5.69 Å². The maximum absolute atomic E-state index is 12.4. The molecule has 0 fully saturated rings. The van der Waals surface area contributed by atoms with Gasteiger partial charge in [0.1, 0.15) is 17.4 Å². The fraction of sp³-hybridized carbons (Fsp3) is 0.200. The summed E-state index contributed by atoms with van der Waals surface area (Å²) < 4.78 is 7.19. The normalized spacial score (nSPS) is 11.0. The third-order valence-corrected chi connectivity index (χ3v) is 4.72. The molecule has 2 aromatic carbocycles. The van der Waals surface area contributed by atoms with Crippen LogP contribution in [-0.4, -0.2) is 12.5 Å². The molecule has 0 heterocycles. The zero-order chi connectivity index (χ0) is 19.1. The molecule has 1 amide bonds. The van der Waals surface area contributed by atoms with E-state index in [1.165, 1.54) is 0 Å². The van der Waals surface area contributed by atoms with Crippen LogP contribution in [0.3, 0.4) is 0 Å². The largest absolute Gasteiger partial charge is 0.491 e. The predicted octanol–water partition coefficient (Wildman–Crippen LogP) is 5.85. The number of ether oxygens (including phenoxy) is 1. The van der Waals surface area contributed by atoms with Crippen molar-refractivity contribution in [1.82, 2.24) is 0 Å². The number of carbonyl (C=O) groups is 1. The Hall–Kier alpha value is -2.10. The fourth-order valence-electron chi connectivity index (χ4n) is 2.22. The van der Waals surface area contributed by atoms with Gasteiger partial charge in [0.05, 0.1) is 15.6 Å². The van der Waals surface area contributed by atoms with E-state index in [-0.39, 0.29) is 5.57 Å². The summed E-state index contributed by atoms with van der Waals surface area (Å²) >= 11 is 6.95. The standard InChI is InChI=1S/C20H18Br2N2O2/c1-3-8-26-19-16(21)10-14(11-17(19)22)9-15(12-23)20(25)24-18-7-5-4-6-13(18)2/h4-7,9-11H,3,8H2,1-2H3,(H,24,25)/b15-9+. The third kappa shape index (κ3) is 5.20. The van der Waals surface area contributed by atoms with E-state index in [0.717, 1.165) is 20.9 Å². The number of nitrogens with zero attached hydrogens (tertiary/aromatic N) is 1. The highest BCUT2D eigenvalue weighted by molar-refractivity contribution is 9.11. The molecule has 0 radical (unpaired) electrons. The number of aryl methyl sites for hydroxylation is 1. The third-order valence-electron chi connectivity index (χ3n) is 3.54. The summed E-state index contributed by atoms with van der Waals surface area (Å²) in [5.74, 6) is 0.257. The fourth-order valence-corrected chi connectivity index (χ4v) is 3.67. The van der Waals surface area contributed by atoms with Gasteiger partial charge in [0.15, 0.2) is 0 Å². The summed E-state index contributed by atoms with van der Waals surface area (Å²) in [5, 5.41) is 12.2.